The Balaban J connectivity index is 1.58. The number of carbonyl (C=O) groups excluding carboxylic acids is 1. The first-order chi connectivity index (χ1) is 14.7. The lowest BCUT2D eigenvalue weighted by Gasteiger charge is -2.64. The van der Waals surface area contributed by atoms with Gasteiger partial charge in [0.2, 0.25) is 0 Å². The minimum Gasteiger partial charge on any atom is -0.469 e. The number of hydrogen-bond donors (Lipinski definition) is 2. The van der Waals surface area contributed by atoms with Gasteiger partial charge in [0.05, 0.1) is 19.3 Å². The van der Waals surface area contributed by atoms with Crippen LogP contribution in [0.25, 0.3) is 0 Å². The molecule has 2 N–H and O–H groups in total. The number of methoxy groups -OCH3 is 1. The molecule has 0 aromatic heterocycles. The molecular weight excluding hydrogens is 388 g/mol. The van der Waals surface area contributed by atoms with Crippen molar-refractivity contribution >= 4 is 5.97 Å². The van der Waals surface area contributed by atoms with Crippen molar-refractivity contribution in [3.63, 3.8) is 0 Å². The number of aliphatic hydroxyl groups is 2. The maximum atomic E-state index is 11.8. The maximum absolute atomic E-state index is 11.8. The van der Waals surface area contributed by atoms with Crippen molar-refractivity contribution in [2.45, 2.75) is 104 Å². The Labute approximate surface area is 189 Å². The van der Waals surface area contributed by atoms with Crippen molar-refractivity contribution in [1.29, 1.82) is 0 Å². The van der Waals surface area contributed by atoms with Gasteiger partial charge in [-0.15, -0.1) is 0 Å². The molecular formula is C27H46O4. The fourth-order valence-corrected chi connectivity index (χ4v) is 9.58. The summed E-state index contributed by atoms with van der Waals surface area (Å²) in [6.07, 6.45) is 9.87. The predicted octanol–water partition coefficient (Wildman–Crippen LogP) is 5.20. The van der Waals surface area contributed by atoms with Crippen LogP contribution in [0.2, 0.25) is 0 Å². The Morgan fingerprint density at radius 1 is 1.03 bits per heavy atom. The zero-order valence-corrected chi connectivity index (χ0v) is 20.5. The average molecular weight is 435 g/mol. The SMILES string of the molecule is CCC1C(O)C2C3CCC(C(C)CCC(=O)OC)C3(C)CCC2C2(C)CCC(O)CC12. The van der Waals surface area contributed by atoms with Crippen LogP contribution in [0.3, 0.4) is 0 Å². The zero-order chi connectivity index (χ0) is 22.6. The van der Waals surface area contributed by atoms with E-state index in [-0.39, 0.29) is 29.0 Å². The zero-order valence-electron chi connectivity index (χ0n) is 20.5. The van der Waals surface area contributed by atoms with Crippen LogP contribution in [0.1, 0.15) is 91.9 Å². The molecule has 4 saturated carbocycles. The first kappa shape index (κ1) is 23.5. The van der Waals surface area contributed by atoms with Crippen LogP contribution in [0.4, 0.5) is 0 Å². The molecule has 0 radical (unpaired) electrons. The number of aliphatic hydroxyl groups excluding tert-OH is 2. The number of rotatable bonds is 5. The molecule has 0 spiro atoms. The number of hydrogen-bond acceptors (Lipinski definition) is 4. The molecule has 4 rings (SSSR count). The van der Waals surface area contributed by atoms with E-state index in [0.717, 1.165) is 32.1 Å². The van der Waals surface area contributed by atoms with E-state index in [2.05, 4.69) is 27.7 Å². The molecule has 4 aliphatic rings. The van der Waals surface area contributed by atoms with Crippen molar-refractivity contribution in [3.05, 3.63) is 0 Å². The molecule has 4 nitrogen and oxygen atoms in total. The second kappa shape index (κ2) is 8.63. The van der Waals surface area contributed by atoms with Crippen molar-refractivity contribution in [2.75, 3.05) is 7.11 Å². The summed E-state index contributed by atoms with van der Waals surface area (Å²) in [7, 11) is 1.48. The van der Waals surface area contributed by atoms with E-state index in [1.54, 1.807) is 0 Å². The lowest BCUT2D eigenvalue weighted by molar-refractivity contribution is -0.203. The summed E-state index contributed by atoms with van der Waals surface area (Å²) >= 11 is 0. The van der Waals surface area contributed by atoms with E-state index in [1.807, 2.05) is 0 Å². The van der Waals surface area contributed by atoms with E-state index >= 15 is 0 Å². The molecule has 0 heterocycles. The molecule has 0 aliphatic heterocycles. The molecule has 0 saturated heterocycles. The minimum atomic E-state index is -0.230. The van der Waals surface area contributed by atoms with Crippen LogP contribution in [0, 0.1) is 52.3 Å². The predicted molar refractivity (Wildman–Crippen MR) is 122 cm³/mol. The highest BCUT2D eigenvalue weighted by molar-refractivity contribution is 5.69. The van der Waals surface area contributed by atoms with E-state index in [4.69, 9.17) is 4.74 Å². The summed E-state index contributed by atoms with van der Waals surface area (Å²) in [5.74, 6) is 3.41. The van der Waals surface area contributed by atoms with Crippen LogP contribution in [0.15, 0.2) is 0 Å². The second-order valence-electron chi connectivity index (χ2n) is 12.2. The third-order valence-corrected chi connectivity index (χ3v) is 11.2. The molecule has 4 heteroatoms. The smallest absolute Gasteiger partial charge is 0.305 e. The third-order valence-electron chi connectivity index (χ3n) is 11.2. The molecule has 0 bridgehead atoms. The Bertz CT molecular complexity index is 664. The molecule has 11 unspecified atom stereocenters. The van der Waals surface area contributed by atoms with Gasteiger partial charge in [-0.1, -0.05) is 34.1 Å². The van der Waals surface area contributed by atoms with Crippen LogP contribution in [-0.4, -0.2) is 35.5 Å². The van der Waals surface area contributed by atoms with Crippen molar-refractivity contribution in [2.24, 2.45) is 52.3 Å². The maximum Gasteiger partial charge on any atom is 0.305 e. The first-order valence-corrected chi connectivity index (χ1v) is 13.1. The third kappa shape index (κ3) is 3.68. The van der Waals surface area contributed by atoms with E-state index in [1.165, 1.54) is 32.8 Å². The Hall–Kier alpha value is -0.610. The molecule has 31 heavy (non-hydrogen) atoms. The lowest BCUT2D eigenvalue weighted by atomic mass is 9.41. The van der Waals surface area contributed by atoms with Crippen molar-refractivity contribution < 1.29 is 19.7 Å². The van der Waals surface area contributed by atoms with Crippen LogP contribution >= 0.6 is 0 Å². The van der Waals surface area contributed by atoms with Gasteiger partial charge in [-0.25, -0.2) is 0 Å². The molecule has 11 atom stereocenters. The van der Waals surface area contributed by atoms with Crippen molar-refractivity contribution in [1.82, 2.24) is 0 Å². The number of esters is 1. The summed E-state index contributed by atoms with van der Waals surface area (Å²) in [5.41, 5.74) is 0.535. The first-order valence-electron chi connectivity index (χ1n) is 13.1. The molecule has 178 valence electrons. The summed E-state index contributed by atoms with van der Waals surface area (Å²) in [5, 5.41) is 22.2. The molecule has 0 aromatic rings. The van der Waals surface area contributed by atoms with E-state index in [0.29, 0.717) is 47.8 Å². The van der Waals surface area contributed by atoms with Crippen LogP contribution < -0.4 is 0 Å². The fourth-order valence-electron chi connectivity index (χ4n) is 9.58. The summed E-state index contributed by atoms with van der Waals surface area (Å²) in [6.45, 7) is 9.58. The van der Waals surface area contributed by atoms with Gasteiger partial charge in [0.25, 0.3) is 0 Å². The summed E-state index contributed by atoms with van der Waals surface area (Å²) in [6, 6.07) is 0. The Kier molecular flexibility index (Phi) is 6.55. The Morgan fingerprint density at radius 2 is 1.71 bits per heavy atom. The highest BCUT2D eigenvalue weighted by atomic mass is 16.5. The fraction of sp³-hybridized carbons (Fsp3) is 0.963. The van der Waals surface area contributed by atoms with Gasteiger partial charge in [-0.3, -0.25) is 4.79 Å². The topological polar surface area (TPSA) is 66.8 Å². The molecule has 0 amide bonds. The normalized spacial score (nSPS) is 50.2. The standard InChI is InChI=1S/C27H46O4/c1-6-18-22-15-17(28)11-13-27(22,4)21-12-14-26(3)19(16(2)7-10-23(29)31-5)8-9-20(26)24(21)25(18)30/h16-22,24-25,28,30H,6-15H2,1-5H3. The lowest BCUT2D eigenvalue weighted by Crippen LogP contribution is -2.62. The monoisotopic (exact) mass is 434 g/mol. The molecule has 4 aliphatic carbocycles. The van der Waals surface area contributed by atoms with Crippen LogP contribution in [-0.2, 0) is 9.53 Å². The van der Waals surface area contributed by atoms with Gasteiger partial charge in [0, 0.05) is 6.42 Å². The van der Waals surface area contributed by atoms with Gasteiger partial charge in [-0.05, 0) is 104 Å². The average Bonchev–Trinajstić information content (AvgIpc) is 3.10. The summed E-state index contributed by atoms with van der Waals surface area (Å²) in [4.78, 5) is 11.7. The highest BCUT2D eigenvalue weighted by Gasteiger charge is 2.64. The quantitative estimate of drug-likeness (QED) is 0.584. The Morgan fingerprint density at radius 3 is 2.39 bits per heavy atom. The van der Waals surface area contributed by atoms with Gasteiger partial charge in [0.15, 0.2) is 0 Å². The van der Waals surface area contributed by atoms with Gasteiger partial charge >= 0.3 is 5.97 Å². The van der Waals surface area contributed by atoms with Crippen LogP contribution in [0.5, 0.6) is 0 Å². The van der Waals surface area contributed by atoms with Crippen molar-refractivity contribution in [3.8, 4) is 0 Å². The van der Waals surface area contributed by atoms with Gasteiger partial charge in [-0.2, -0.15) is 0 Å². The van der Waals surface area contributed by atoms with Gasteiger partial charge < -0.3 is 14.9 Å². The highest BCUT2D eigenvalue weighted by Crippen LogP contribution is 2.69. The number of fused-ring (bicyclic) bond motifs is 5. The molecule has 0 aromatic carbocycles. The van der Waals surface area contributed by atoms with Gasteiger partial charge in [0.1, 0.15) is 0 Å². The number of carbonyl (C=O) groups is 1. The summed E-state index contributed by atoms with van der Waals surface area (Å²) < 4.78 is 4.88. The minimum absolute atomic E-state index is 0.0952. The number of ether oxygens (including phenoxy) is 1. The van der Waals surface area contributed by atoms with E-state index in [9.17, 15) is 15.0 Å². The van der Waals surface area contributed by atoms with E-state index < -0.39 is 0 Å². The molecule has 4 fully saturated rings. The largest absolute Gasteiger partial charge is 0.469 e. The second-order valence-corrected chi connectivity index (χ2v) is 12.2.